The monoisotopic (exact) mass is 241 g/mol. The second-order valence-electron chi connectivity index (χ2n) is 4.80. The summed E-state index contributed by atoms with van der Waals surface area (Å²) in [6.07, 6.45) is 4.87. The molecule has 1 heterocycles. The molecule has 0 bridgehead atoms. The van der Waals surface area contributed by atoms with Crippen molar-refractivity contribution in [2.24, 2.45) is 0 Å². The topological polar surface area (TPSA) is 33.1 Å². The first-order valence-corrected chi connectivity index (χ1v) is 6.32. The highest BCUT2D eigenvalue weighted by molar-refractivity contribution is 5.27. The molecule has 0 aliphatic rings. The lowest BCUT2D eigenvalue weighted by atomic mass is 9.85. The molecule has 2 aromatic rings. The molecule has 2 heteroatoms. The highest BCUT2D eigenvalue weighted by Gasteiger charge is 2.27. The van der Waals surface area contributed by atoms with Gasteiger partial charge in [0.25, 0.3) is 0 Å². The largest absolute Gasteiger partial charge is 0.385 e. The minimum atomic E-state index is -0.833. The zero-order chi connectivity index (χ0) is 13.0. The first kappa shape index (κ1) is 12.8. The third-order valence-corrected chi connectivity index (χ3v) is 3.34. The fourth-order valence-corrected chi connectivity index (χ4v) is 2.17. The second kappa shape index (κ2) is 5.32. The Hall–Kier alpha value is -1.67. The van der Waals surface area contributed by atoms with Gasteiger partial charge in [-0.15, -0.1) is 0 Å². The van der Waals surface area contributed by atoms with Gasteiger partial charge in [-0.3, -0.25) is 4.98 Å². The van der Waals surface area contributed by atoms with Crippen molar-refractivity contribution in [3.8, 4) is 0 Å². The van der Waals surface area contributed by atoms with Gasteiger partial charge in [-0.25, -0.2) is 0 Å². The number of aliphatic hydroxyl groups is 1. The van der Waals surface area contributed by atoms with Gasteiger partial charge in [0.05, 0.1) is 5.60 Å². The summed E-state index contributed by atoms with van der Waals surface area (Å²) >= 11 is 0. The van der Waals surface area contributed by atoms with Crippen molar-refractivity contribution in [3.63, 3.8) is 0 Å². The van der Waals surface area contributed by atoms with Gasteiger partial charge in [0.15, 0.2) is 0 Å². The van der Waals surface area contributed by atoms with E-state index in [2.05, 4.69) is 4.98 Å². The Morgan fingerprint density at radius 3 is 2.50 bits per heavy atom. The van der Waals surface area contributed by atoms with Crippen LogP contribution in [-0.4, -0.2) is 10.1 Å². The van der Waals surface area contributed by atoms with E-state index in [1.54, 1.807) is 6.20 Å². The van der Waals surface area contributed by atoms with Crippen molar-refractivity contribution in [3.05, 3.63) is 65.5 Å². The molecule has 94 valence electrons. The standard InChI is InChI=1S/C16H19NO/c1-3-16(18,10-14-7-5-4-6-8-14)15-9-13(2)11-17-12-15/h4-9,11-12,18H,3,10H2,1-2H3. The first-order chi connectivity index (χ1) is 8.64. The molecule has 0 saturated heterocycles. The van der Waals surface area contributed by atoms with Crippen LogP contribution in [0.2, 0.25) is 0 Å². The normalized spacial score (nSPS) is 14.2. The summed E-state index contributed by atoms with van der Waals surface area (Å²) in [7, 11) is 0. The number of aromatic nitrogens is 1. The molecule has 1 atom stereocenters. The lowest BCUT2D eigenvalue weighted by molar-refractivity contribution is 0.0323. The third kappa shape index (κ3) is 2.77. The third-order valence-electron chi connectivity index (χ3n) is 3.34. The number of hydrogen-bond acceptors (Lipinski definition) is 2. The summed E-state index contributed by atoms with van der Waals surface area (Å²) in [5, 5.41) is 10.8. The molecule has 1 N–H and O–H groups in total. The van der Waals surface area contributed by atoms with Crippen LogP contribution in [0.25, 0.3) is 0 Å². The lowest BCUT2D eigenvalue weighted by Gasteiger charge is -2.27. The Labute approximate surface area is 108 Å². The van der Waals surface area contributed by atoms with Gasteiger partial charge >= 0.3 is 0 Å². The fraction of sp³-hybridized carbons (Fsp3) is 0.312. The zero-order valence-electron chi connectivity index (χ0n) is 10.9. The van der Waals surface area contributed by atoms with Gasteiger partial charge in [-0.1, -0.05) is 43.3 Å². The Kier molecular flexibility index (Phi) is 3.78. The molecule has 1 unspecified atom stereocenters. The van der Waals surface area contributed by atoms with E-state index >= 15 is 0 Å². The van der Waals surface area contributed by atoms with E-state index in [-0.39, 0.29) is 0 Å². The molecule has 0 radical (unpaired) electrons. The molecule has 0 saturated carbocycles. The van der Waals surface area contributed by atoms with Crippen LogP contribution in [0.1, 0.15) is 30.0 Å². The number of benzene rings is 1. The molecule has 1 aromatic carbocycles. The lowest BCUT2D eigenvalue weighted by Crippen LogP contribution is -2.28. The maximum absolute atomic E-state index is 10.8. The van der Waals surface area contributed by atoms with Gasteiger partial charge in [0.2, 0.25) is 0 Å². The minimum Gasteiger partial charge on any atom is -0.385 e. The summed E-state index contributed by atoms with van der Waals surface area (Å²) < 4.78 is 0. The van der Waals surface area contributed by atoms with Crippen LogP contribution in [0.4, 0.5) is 0 Å². The van der Waals surface area contributed by atoms with E-state index in [1.807, 2.05) is 56.4 Å². The Balaban J connectivity index is 2.31. The average molecular weight is 241 g/mol. The molecule has 0 fully saturated rings. The van der Waals surface area contributed by atoms with Gasteiger partial charge < -0.3 is 5.11 Å². The summed E-state index contributed by atoms with van der Waals surface area (Å²) in [6, 6.07) is 12.1. The van der Waals surface area contributed by atoms with E-state index in [1.165, 1.54) is 0 Å². The molecule has 0 aliphatic heterocycles. The van der Waals surface area contributed by atoms with E-state index in [0.717, 1.165) is 16.7 Å². The van der Waals surface area contributed by atoms with Gasteiger partial charge in [0, 0.05) is 24.4 Å². The van der Waals surface area contributed by atoms with E-state index in [4.69, 9.17) is 0 Å². The fourth-order valence-electron chi connectivity index (χ4n) is 2.17. The molecule has 2 nitrogen and oxygen atoms in total. The number of aryl methyl sites for hydroxylation is 1. The number of pyridine rings is 1. The summed E-state index contributed by atoms with van der Waals surface area (Å²) in [5.41, 5.74) is 2.28. The molecular formula is C16H19NO. The molecule has 18 heavy (non-hydrogen) atoms. The minimum absolute atomic E-state index is 0.621. The van der Waals surface area contributed by atoms with Gasteiger partial charge in [-0.2, -0.15) is 0 Å². The second-order valence-corrected chi connectivity index (χ2v) is 4.80. The smallest absolute Gasteiger partial charge is 0.0949 e. The Bertz CT molecular complexity index is 510. The van der Waals surface area contributed by atoms with E-state index in [9.17, 15) is 5.11 Å². The quantitative estimate of drug-likeness (QED) is 0.891. The highest BCUT2D eigenvalue weighted by atomic mass is 16.3. The van der Waals surface area contributed by atoms with Crippen LogP contribution in [0, 0.1) is 6.92 Å². The molecule has 0 amide bonds. The van der Waals surface area contributed by atoms with Crippen molar-refractivity contribution in [2.45, 2.75) is 32.3 Å². The zero-order valence-corrected chi connectivity index (χ0v) is 10.9. The van der Waals surface area contributed by atoms with E-state index in [0.29, 0.717) is 12.8 Å². The van der Waals surface area contributed by atoms with Crippen LogP contribution in [0.5, 0.6) is 0 Å². The summed E-state index contributed by atoms with van der Waals surface area (Å²) in [4.78, 5) is 4.18. The summed E-state index contributed by atoms with van der Waals surface area (Å²) in [6.45, 7) is 4.00. The number of hydrogen-bond donors (Lipinski definition) is 1. The molecular weight excluding hydrogens is 222 g/mol. The number of nitrogens with zero attached hydrogens (tertiary/aromatic N) is 1. The van der Waals surface area contributed by atoms with Crippen molar-refractivity contribution in [1.29, 1.82) is 0 Å². The average Bonchev–Trinajstić information content (AvgIpc) is 2.40. The van der Waals surface area contributed by atoms with Crippen LogP contribution >= 0.6 is 0 Å². The molecule has 0 spiro atoms. The predicted octanol–water partition coefficient (Wildman–Crippen LogP) is 3.23. The van der Waals surface area contributed by atoms with Crippen LogP contribution in [-0.2, 0) is 12.0 Å². The van der Waals surface area contributed by atoms with Crippen LogP contribution < -0.4 is 0 Å². The SMILES string of the molecule is CCC(O)(Cc1ccccc1)c1cncc(C)c1. The van der Waals surface area contributed by atoms with Gasteiger partial charge in [0.1, 0.15) is 0 Å². The first-order valence-electron chi connectivity index (χ1n) is 6.32. The molecule has 0 aliphatic carbocycles. The maximum Gasteiger partial charge on any atom is 0.0949 e. The van der Waals surface area contributed by atoms with Crippen molar-refractivity contribution >= 4 is 0 Å². The number of rotatable bonds is 4. The summed E-state index contributed by atoms with van der Waals surface area (Å²) in [5.74, 6) is 0. The van der Waals surface area contributed by atoms with Gasteiger partial charge in [-0.05, 0) is 24.5 Å². The van der Waals surface area contributed by atoms with E-state index < -0.39 is 5.60 Å². The van der Waals surface area contributed by atoms with Crippen molar-refractivity contribution < 1.29 is 5.11 Å². The molecule has 1 aromatic heterocycles. The maximum atomic E-state index is 10.8. The molecule has 2 rings (SSSR count). The van der Waals surface area contributed by atoms with Crippen LogP contribution in [0.15, 0.2) is 48.8 Å². The Morgan fingerprint density at radius 2 is 1.89 bits per heavy atom. The van der Waals surface area contributed by atoms with Crippen molar-refractivity contribution in [2.75, 3.05) is 0 Å². The van der Waals surface area contributed by atoms with Crippen LogP contribution in [0.3, 0.4) is 0 Å². The Morgan fingerprint density at radius 1 is 1.17 bits per heavy atom. The highest BCUT2D eigenvalue weighted by Crippen LogP contribution is 2.29. The van der Waals surface area contributed by atoms with Crippen molar-refractivity contribution in [1.82, 2.24) is 4.98 Å². The predicted molar refractivity (Wildman–Crippen MR) is 73.3 cm³/mol.